The minimum absolute atomic E-state index is 0.952. The summed E-state index contributed by atoms with van der Waals surface area (Å²) in [7, 11) is 0. The SMILES string of the molecule is CCCN1CC=CO1. The molecule has 0 fully saturated rings. The van der Waals surface area contributed by atoms with Crippen molar-refractivity contribution in [2.45, 2.75) is 13.3 Å². The Morgan fingerprint density at radius 1 is 1.75 bits per heavy atom. The molecule has 2 heteroatoms. The first-order chi connectivity index (χ1) is 3.93. The van der Waals surface area contributed by atoms with Crippen LogP contribution >= 0.6 is 0 Å². The Labute approximate surface area is 49.7 Å². The molecule has 0 aromatic heterocycles. The normalized spacial score (nSPS) is 19.1. The van der Waals surface area contributed by atoms with Crippen LogP contribution in [0.25, 0.3) is 0 Å². The van der Waals surface area contributed by atoms with E-state index >= 15 is 0 Å². The molecule has 1 aliphatic rings. The standard InChI is InChI=1S/C6H11NO/c1-2-4-7-5-3-6-8-7/h3,6H,2,4-5H2,1H3. The fourth-order valence-corrected chi connectivity index (χ4v) is 0.726. The third-order valence-electron chi connectivity index (χ3n) is 1.09. The van der Waals surface area contributed by atoms with Gasteiger partial charge in [0.2, 0.25) is 0 Å². The van der Waals surface area contributed by atoms with Gasteiger partial charge in [-0.1, -0.05) is 6.92 Å². The van der Waals surface area contributed by atoms with Gasteiger partial charge in [0, 0.05) is 6.54 Å². The first-order valence-corrected chi connectivity index (χ1v) is 3.00. The molecule has 0 atom stereocenters. The largest absolute Gasteiger partial charge is 0.414 e. The van der Waals surface area contributed by atoms with Crippen LogP contribution in [0.2, 0.25) is 0 Å². The van der Waals surface area contributed by atoms with Crippen LogP contribution in [0, 0.1) is 0 Å². The molecule has 2 nitrogen and oxygen atoms in total. The minimum atomic E-state index is 0.952. The van der Waals surface area contributed by atoms with Crippen LogP contribution in [0.3, 0.4) is 0 Å². The molecule has 0 N–H and O–H groups in total. The van der Waals surface area contributed by atoms with E-state index in [0.29, 0.717) is 0 Å². The summed E-state index contributed by atoms with van der Waals surface area (Å²) in [4.78, 5) is 5.05. The van der Waals surface area contributed by atoms with E-state index in [4.69, 9.17) is 4.84 Å². The molecule has 0 saturated carbocycles. The second-order valence-electron chi connectivity index (χ2n) is 1.87. The van der Waals surface area contributed by atoms with Gasteiger partial charge in [-0.2, -0.15) is 0 Å². The zero-order chi connectivity index (χ0) is 5.82. The van der Waals surface area contributed by atoms with Crippen LogP contribution in [-0.4, -0.2) is 18.2 Å². The Hall–Kier alpha value is -0.500. The number of hydrogen-bond donors (Lipinski definition) is 0. The fourth-order valence-electron chi connectivity index (χ4n) is 0.726. The van der Waals surface area contributed by atoms with Crippen LogP contribution in [0.4, 0.5) is 0 Å². The van der Waals surface area contributed by atoms with Crippen molar-refractivity contribution in [3.63, 3.8) is 0 Å². The van der Waals surface area contributed by atoms with Crippen LogP contribution in [0.15, 0.2) is 12.3 Å². The second-order valence-corrected chi connectivity index (χ2v) is 1.87. The molecule has 0 spiro atoms. The molecular weight excluding hydrogens is 102 g/mol. The monoisotopic (exact) mass is 113 g/mol. The molecule has 0 radical (unpaired) electrons. The molecular formula is C6H11NO. The lowest BCUT2D eigenvalue weighted by molar-refractivity contribution is -0.0748. The van der Waals surface area contributed by atoms with Gasteiger partial charge < -0.3 is 4.84 Å². The van der Waals surface area contributed by atoms with Crippen LogP contribution in [0.5, 0.6) is 0 Å². The van der Waals surface area contributed by atoms with E-state index in [2.05, 4.69) is 6.92 Å². The predicted octanol–water partition coefficient (Wildman–Crippen LogP) is 1.16. The Bertz CT molecular complexity index is 82.5. The average Bonchev–Trinajstić information content (AvgIpc) is 2.19. The van der Waals surface area contributed by atoms with Crippen molar-refractivity contribution in [1.82, 2.24) is 5.06 Å². The van der Waals surface area contributed by atoms with Gasteiger partial charge in [-0.05, 0) is 12.5 Å². The number of rotatable bonds is 2. The van der Waals surface area contributed by atoms with Crippen molar-refractivity contribution in [2.75, 3.05) is 13.1 Å². The smallest absolute Gasteiger partial charge is 0.109 e. The molecule has 0 aromatic carbocycles. The minimum Gasteiger partial charge on any atom is -0.414 e. The lowest BCUT2D eigenvalue weighted by atomic mass is 10.5. The number of hydroxylamine groups is 2. The molecule has 0 unspecified atom stereocenters. The molecule has 1 rings (SSSR count). The summed E-state index contributed by atoms with van der Waals surface area (Å²) < 4.78 is 0. The Balaban J connectivity index is 2.10. The molecule has 0 aromatic rings. The van der Waals surface area contributed by atoms with Crippen molar-refractivity contribution < 1.29 is 4.84 Å². The summed E-state index contributed by atoms with van der Waals surface area (Å²) in [6, 6.07) is 0. The van der Waals surface area contributed by atoms with Gasteiger partial charge in [0.05, 0.1) is 6.54 Å². The second kappa shape index (κ2) is 2.72. The van der Waals surface area contributed by atoms with Crippen LogP contribution in [0.1, 0.15) is 13.3 Å². The Morgan fingerprint density at radius 3 is 3.12 bits per heavy atom. The van der Waals surface area contributed by atoms with Crippen molar-refractivity contribution in [3.05, 3.63) is 12.3 Å². The maximum atomic E-state index is 5.05. The highest BCUT2D eigenvalue weighted by molar-refractivity contribution is 4.80. The van der Waals surface area contributed by atoms with Crippen molar-refractivity contribution in [3.8, 4) is 0 Å². The Morgan fingerprint density at radius 2 is 2.62 bits per heavy atom. The molecule has 0 bridgehead atoms. The third-order valence-corrected chi connectivity index (χ3v) is 1.09. The van der Waals surface area contributed by atoms with Gasteiger partial charge in [0.15, 0.2) is 0 Å². The number of hydrogen-bond acceptors (Lipinski definition) is 2. The summed E-state index contributed by atoms with van der Waals surface area (Å²) in [5, 5.41) is 1.93. The van der Waals surface area contributed by atoms with E-state index in [0.717, 1.165) is 19.5 Å². The van der Waals surface area contributed by atoms with Crippen molar-refractivity contribution in [2.24, 2.45) is 0 Å². The van der Waals surface area contributed by atoms with Crippen LogP contribution in [-0.2, 0) is 4.84 Å². The summed E-state index contributed by atoms with van der Waals surface area (Å²) in [5.41, 5.74) is 0. The average molecular weight is 113 g/mol. The maximum Gasteiger partial charge on any atom is 0.109 e. The third kappa shape index (κ3) is 1.23. The van der Waals surface area contributed by atoms with Gasteiger partial charge in [-0.3, -0.25) is 0 Å². The molecule has 8 heavy (non-hydrogen) atoms. The molecule has 1 aliphatic heterocycles. The fraction of sp³-hybridized carbons (Fsp3) is 0.667. The van der Waals surface area contributed by atoms with Gasteiger partial charge >= 0.3 is 0 Å². The summed E-state index contributed by atoms with van der Waals surface area (Å²) in [5.74, 6) is 0. The highest BCUT2D eigenvalue weighted by Crippen LogP contribution is 2.00. The van der Waals surface area contributed by atoms with E-state index in [-0.39, 0.29) is 0 Å². The lowest BCUT2D eigenvalue weighted by Gasteiger charge is -2.10. The maximum absolute atomic E-state index is 5.05. The first-order valence-electron chi connectivity index (χ1n) is 3.00. The van der Waals surface area contributed by atoms with E-state index in [1.54, 1.807) is 6.26 Å². The van der Waals surface area contributed by atoms with Crippen molar-refractivity contribution in [1.29, 1.82) is 0 Å². The highest BCUT2D eigenvalue weighted by atomic mass is 16.7. The number of nitrogens with zero attached hydrogens (tertiary/aromatic N) is 1. The van der Waals surface area contributed by atoms with E-state index in [1.165, 1.54) is 0 Å². The molecule has 0 saturated heterocycles. The van der Waals surface area contributed by atoms with E-state index in [1.807, 2.05) is 11.1 Å². The van der Waals surface area contributed by atoms with Crippen LogP contribution < -0.4 is 0 Å². The molecule has 0 amide bonds. The topological polar surface area (TPSA) is 12.5 Å². The van der Waals surface area contributed by atoms with Gasteiger partial charge in [0.25, 0.3) is 0 Å². The van der Waals surface area contributed by atoms with E-state index < -0.39 is 0 Å². The van der Waals surface area contributed by atoms with Gasteiger partial charge in [-0.25, -0.2) is 0 Å². The van der Waals surface area contributed by atoms with E-state index in [9.17, 15) is 0 Å². The predicted molar refractivity (Wildman–Crippen MR) is 32.1 cm³/mol. The lowest BCUT2D eigenvalue weighted by Crippen LogP contribution is -2.18. The Kier molecular flexibility index (Phi) is 1.92. The zero-order valence-electron chi connectivity index (χ0n) is 5.13. The van der Waals surface area contributed by atoms with Gasteiger partial charge in [0.1, 0.15) is 6.26 Å². The molecule has 1 heterocycles. The zero-order valence-corrected chi connectivity index (χ0v) is 5.13. The summed E-state index contributed by atoms with van der Waals surface area (Å²) >= 11 is 0. The summed E-state index contributed by atoms with van der Waals surface area (Å²) in [6.07, 6.45) is 4.90. The molecule has 0 aliphatic carbocycles. The van der Waals surface area contributed by atoms with Crippen molar-refractivity contribution >= 4 is 0 Å². The highest BCUT2D eigenvalue weighted by Gasteiger charge is 2.03. The molecule has 46 valence electrons. The summed E-state index contributed by atoms with van der Waals surface area (Å²) in [6.45, 7) is 4.13. The first kappa shape index (κ1) is 5.63. The van der Waals surface area contributed by atoms with Gasteiger partial charge in [-0.15, -0.1) is 5.06 Å². The quantitative estimate of drug-likeness (QED) is 0.532.